The molecule has 0 bridgehead atoms. The van der Waals surface area contributed by atoms with Crippen LogP contribution in [0.2, 0.25) is 0 Å². The van der Waals surface area contributed by atoms with Gasteiger partial charge in [0.25, 0.3) is 0 Å². The van der Waals surface area contributed by atoms with Crippen molar-refractivity contribution in [3.8, 4) is 0 Å². The van der Waals surface area contributed by atoms with Gasteiger partial charge in [-0.25, -0.2) is 9.78 Å². The van der Waals surface area contributed by atoms with Gasteiger partial charge in [0, 0.05) is 24.6 Å². The van der Waals surface area contributed by atoms with Gasteiger partial charge in [0.2, 0.25) is 5.91 Å². The number of aromatic nitrogens is 1. The number of allylic oxidation sites excluding steroid dienone is 1. The summed E-state index contributed by atoms with van der Waals surface area (Å²) in [4.78, 5) is 60.5. The van der Waals surface area contributed by atoms with E-state index in [4.69, 9.17) is 15.7 Å². The normalized spacial score (nSPS) is 22.8. The van der Waals surface area contributed by atoms with Crippen LogP contribution >= 0.6 is 23.1 Å². The monoisotopic (exact) mass is 587 g/mol. The molecule has 7 unspecified atom stereocenters. The van der Waals surface area contributed by atoms with Crippen LogP contribution in [-0.2, 0) is 19.2 Å². The topological polar surface area (TPSA) is 236 Å². The van der Waals surface area contributed by atoms with Gasteiger partial charge in [0.05, 0.1) is 36.2 Å². The fraction of sp³-hybridized carbons (Fsp3) is 0.545. The highest BCUT2D eigenvalue weighted by Crippen LogP contribution is 2.46. The molecule has 0 saturated carbocycles. The Morgan fingerprint density at radius 3 is 2.56 bits per heavy atom. The third-order valence-electron chi connectivity index (χ3n) is 6.21. The van der Waals surface area contributed by atoms with E-state index >= 15 is 0 Å². The molecule has 2 aliphatic rings. The molecule has 0 aromatic carbocycles. The smallest absolute Gasteiger partial charge is 0.374 e. The van der Waals surface area contributed by atoms with Crippen LogP contribution < -0.4 is 5.73 Å². The number of carbonyl (C=O) groups excluding carboxylic acids is 3. The molecule has 7 N–H and O–H groups in total. The second-order valence-electron chi connectivity index (χ2n) is 8.87. The summed E-state index contributed by atoms with van der Waals surface area (Å²) < 4.78 is 0. The molecule has 3 heterocycles. The van der Waals surface area contributed by atoms with E-state index in [0.717, 1.165) is 16.4 Å². The number of carbonyl (C=O) groups is 3. The van der Waals surface area contributed by atoms with Crippen LogP contribution in [-0.4, -0.2) is 114 Å². The zero-order valence-corrected chi connectivity index (χ0v) is 22.3. The molecule has 0 radical (unpaired) electrons. The van der Waals surface area contributed by atoms with E-state index in [0.29, 0.717) is 5.57 Å². The van der Waals surface area contributed by atoms with Gasteiger partial charge in [-0.05, 0) is 5.57 Å². The second kappa shape index (κ2) is 13.1. The first-order chi connectivity index (χ1) is 18.4. The maximum Gasteiger partial charge on any atom is 0.374 e. The van der Waals surface area contributed by atoms with Crippen LogP contribution in [0.1, 0.15) is 18.2 Å². The van der Waals surface area contributed by atoms with Crippen molar-refractivity contribution in [2.24, 2.45) is 11.1 Å². The van der Waals surface area contributed by atoms with E-state index in [-0.39, 0.29) is 28.7 Å². The van der Waals surface area contributed by atoms with Crippen molar-refractivity contribution in [1.82, 2.24) is 14.9 Å². The number of thioether (sulfide) groups is 1. The van der Waals surface area contributed by atoms with Crippen LogP contribution in [0.5, 0.6) is 0 Å². The summed E-state index contributed by atoms with van der Waals surface area (Å²) in [5.41, 5.74) is 5.94. The minimum atomic E-state index is -1.87. The van der Waals surface area contributed by atoms with Crippen molar-refractivity contribution < 1.29 is 44.8 Å². The first-order valence-corrected chi connectivity index (χ1v) is 13.5. The van der Waals surface area contributed by atoms with Crippen molar-refractivity contribution in [2.75, 3.05) is 31.7 Å². The molecule has 1 aromatic heterocycles. The van der Waals surface area contributed by atoms with Crippen LogP contribution in [0.15, 0.2) is 34.5 Å². The highest BCUT2D eigenvalue weighted by molar-refractivity contribution is 8.00. The fourth-order valence-corrected chi connectivity index (χ4v) is 6.10. The van der Waals surface area contributed by atoms with Crippen LogP contribution in [0.3, 0.4) is 0 Å². The van der Waals surface area contributed by atoms with Gasteiger partial charge in [0.1, 0.15) is 24.0 Å². The molecule has 1 fully saturated rings. The highest BCUT2D eigenvalue weighted by atomic mass is 32.2. The summed E-state index contributed by atoms with van der Waals surface area (Å²) in [6, 6.07) is -1.41. The summed E-state index contributed by atoms with van der Waals surface area (Å²) in [5.74, 6) is -2.70. The third-order valence-corrected chi connectivity index (χ3v) is 8.26. The lowest BCUT2D eigenvalue weighted by atomic mass is 9.88. The van der Waals surface area contributed by atoms with Gasteiger partial charge >= 0.3 is 5.97 Å². The second-order valence-corrected chi connectivity index (χ2v) is 10.9. The van der Waals surface area contributed by atoms with Crippen LogP contribution in [0, 0.1) is 10.8 Å². The average molecular weight is 588 g/mol. The summed E-state index contributed by atoms with van der Waals surface area (Å²) in [6.45, 7) is 2.32. The Labute approximate surface area is 230 Å². The quantitative estimate of drug-likeness (QED) is 0.0808. The number of aliphatic hydroxyl groups excluding tert-OH is 5. The van der Waals surface area contributed by atoms with Gasteiger partial charge < -0.3 is 36.1 Å². The molecule has 1 aromatic rings. The van der Waals surface area contributed by atoms with Gasteiger partial charge in [-0.2, -0.15) is 0 Å². The number of nitrogen functional groups attached to an aromatic ring is 1. The average Bonchev–Trinajstić information content (AvgIpc) is 3.34. The molecule has 3 rings (SSSR count). The predicted molar refractivity (Wildman–Crippen MR) is 138 cm³/mol. The van der Waals surface area contributed by atoms with Crippen LogP contribution in [0.25, 0.3) is 0 Å². The number of thiazole rings is 1. The lowest BCUT2D eigenvalue weighted by Gasteiger charge is -2.49. The lowest BCUT2D eigenvalue weighted by molar-refractivity contribution is -0.195. The Kier molecular flexibility index (Phi) is 10.3. The molecule has 2 aliphatic heterocycles. The van der Waals surface area contributed by atoms with E-state index in [9.17, 15) is 39.7 Å². The number of β-lactam (4-membered cyclic amide) rings is 1. The number of hydrogen-bond acceptors (Lipinski definition) is 16. The number of nitrogens with zero attached hydrogens (tertiary/aromatic N) is 4. The number of anilines is 1. The van der Waals surface area contributed by atoms with E-state index in [1.54, 1.807) is 0 Å². The van der Waals surface area contributed by atoms with Crippen molar-refractivity contribution in [1.29, 1.82) is 0 Å². The van der Waals surface area contributed by atoms with Gasteiger partial charge in [-0.3, -0.25) is 14.5 Å². The number of aliphatic hydroxyl groups is 5. The van der Waals surface area contributed by atoms with Gasteiger partial charge in [-0.15, -0.1) is 33.1 Å². The van der Waals surface area contributed by atoms with E-state index in [2.05, 4.69) is 16.7 Å². The molecule has 214 valence electrons. The Morgan fingerprint density at radius 2 is 2.00 bits per heavy atom. The number of fused-ring (bicyclic) bond motifs is 1. The molecule has 7 atom stereocenters. The number of rotatable bonds is 14. The van der Waals surface area contributed by atoms with Gasteiger partial charge in [-0.1, -0.05) is 17.8 Å². The van der Waals surface area contributed by atoms with Crippen molar-refractivity contribution in [3.63, 3.8) is 0 Å². The van der Waals surface area contributed by atoms with E-state index in [1.165, 1.54) is 35.2 Å². The summed E-state index contributed by atoms with van der Waals surface area (Å²) in [7, 11) is 1.25. The minimum Gasteiger partial charge on any atom is -0.394 e. The summed E-state index contributed by atoms with van der Waals surface area (Å²) in [5, 5.41) is 52.9. The number of amides is 1. The number of Topliss-reactive ketones (excluding diaryl/α,β-unsaturated/α-hetero) is 1. The first-order valence-electron chi connectivity index (χ1n) is 11.6. The number of hydrogen-bond donors (Lipinski definition) is 6. The largest absolute Gasteiger partial charge is 0.394 e. The maximum atomic E-state index is 13.1. The van der Waals surface area contributed by atoms with Crippen molar-refractivity contribution >= 4 is 45.9 Å². The Bertz CT molecular complexity index is 1150. The number of hydroxylamine groups is 2. The predicted octanol–water partition coefficient (Wildman–Crippen LogP) is -1.71. The van der Waals surface area contributed by atoms with E-state index < -0.39 is 72.6 Å². The van der Waals surface area contributed by atoms with Crippen LogP contribution in [0.4, 0.5) is 5.13 Å². The first kappa shape index (κ1) is 30.8. The SMILES string of the molecule is C=CC1=C(C(=O)ON(C)CC(O)C(O)C(O)C(O)CO)N2C(=O)C(CC(=O)C(N=O)c3csc(N)n3)C2SC1. The summed E-state index contributed by atoms with van der Waals surface area (Å²) >= 11 is 2.34. The molecule has 0 spiro atoms. The standard InChI is InChI=1S/C22H29N5O10S2/c1-3-9-7-38-20-10(4-12(29)15(25-36)11-8-39-22(23)24-11)19(34)27(20)16(9)21(35)37-26(2)5-13(30)17(32)18(33)14(31)6-28/h3,8,10,13-15,17-18,20,28,30-33H,1,4-7H2,2H3,(H2,23,24). The number of nitrogens with two attached hydrogens (primary N) is 1. The molecule has 1 saturated heterocycles. The fourth-order valence-electron chi connectivity index (χ4n) is 4.11. The maximum absolute atomic E-state index is 13.1. The summed E-state index contributed by atoms with van der Waals surface area (Å²) in [6.07, 6.45) is -6.04. The van der Waals surface area contributed by atoms with Crippen molar-refractivity contribution in [2.45, 2.75) is 42.3 Å². The molecule has 15 nitrogen and oxygen atoms in total. The molecule has 17 heteroatoms. The molecule has 39 heavy (non-hydrogen) atoms. The highest BCUT2D eigenvalue weighted by Gasteiger charge is 2.54. The zero-order chi connectivity index (χ0) is 29.0. The van der Waals surface area contributed by atoms with Crippen molar-refractivity contribution in [3.05, 3.63) is 39.9 Å². The van der Waals surface area contributed by atoms with Gasteiger partial charge in [0.15, 0.2) is 17.0 Å². The molecular formula is C22H29N5O10S2. The van der Waals surface area contributed by atoms with E-state index in [1.807, 2.05) is 0 Å². The molecular weight excluding hydrogens is 558 g/mol. The Balaban J connectivity index is 1.67. The molecule has 0 aliphatic carbocycles. The lowest BCUT2D eigenvalue weighted by Crippen LogP contribution is -2.62. The Hall–Kier alpha value is -2.77. The third kappa shape index (κ3) is 6.52. The molecule has 1 amide bonds. The number of likely N-dealkylation sites (N-methyl/N-ethyl adjacent to an activating group) is 1. The Morgan fingerprint density at radius 1 is 1.33 bits per heavy atom. The number of nitroso groups, excluding NO2 is 1. The number of ketones is 1. The minimum absolute atomic E-state index is 0.101. The zero-order valence-electron chi connectivity index (χ0n) is 20.7.